The van der Waals surface area contributed by atoms with Gasteiger partial charge in [-0.15, -0.1) is 0 Å². The van der Waals surface area contributed by atoms with E-state index >= 15 is 0 Å². The van der Waals surface area contributed by atoms with Crippen molar-refractivity contribution in [3.8, 4) is 22.5 Å². The molecule has 0 saturated heterocycles. The molecule has 0 bridgehead atoms. The second-order valence-electron chi connectivity index (χ2n) is 5.69. The molecular weight excluding hydrogens is 330 g/mol. The van der Waals surface area contributed by atoms with Gasteiger partial charge in [0, 0.05) is 22.6 Å². The summed E-state index contributed by atoms with van der Waals surface area (Å²) in [5.41, 5.74) is 2.49. The number of pyridine rings is 1. The van der Waals surface area contributed by atoms with E-state index in [2.05, 4.69) is 9.97 Å². The Balaban J connectivity index is 2.13. The second-order valence-corrected chi connectivity index (χ2v) is 5.69. The molecule has 0 aliphatic carbocycles. The molecular formula is C20H13N3O3. The molecule has 26 heavy (non-hydrogen) atoms. The quantitative estimate of drug-likeness (QED) is 0.455. The summed E-state index contributed by atoms with van der Waals surface area (Å²) in [7, 11) is 0. The molecule has 0 atom stereocenters. The summed E-state index contributed by atoms with van der Waals surface area (Å²) >= 11 is 0. The lowest BCUT2D eigenvalue weighted by molar-refractivity contribution is -0.592. The number of carbonyl (C=O) groups is 1. The van der Waals surface area contributed by atoms with Crippen LogP contribution in [0.15, 0.2) is 72.9 Å². The van der Waals surface area contributed by atoms with Crippen LogP contribution in [-0.4, -0.2) is 21.0 Å². The van der Waals surface area contributed by atoms with Crippen molar-refractivity contribution in [2.75, 3.05) is 0 Å². The highest BCUT2D eigenvalue weighted by Gasteiger charge is 2.22. The topological polar surface area (TPSA) is 90.0 Å². The fourth-order valence-electron chi connectivity index (χ4n) is 2.90. The van der Waals surface area contributed by atoms with E-state index in [1.807, 2.05) is 48.5 Å². The van der Waals surface area contributed by atoms with E-state index < -0.39 is 5.97 Å². The highest BCUT2D eigenvalue weighted by molar-refractivity contribution is 6.00. The number of rotatable bonds is 3. The van der Waals surface area contributed by atoms with Crippen LogP contribution in [0.3, 0.4) is 0 Å². The monoisotopic (exact) mass is 343 g/mol. The molecule has 0 aliphatic heterocycles. The molecule has 2 aromatic carbocycles. The maximum Gasteiger partial charge on any atom is 0.373 e. The lowest BCUT2D eigenvalue weighted by atomic mass is 10.0. The number of carboxylic acid groups (broad SMARTS) is 1. The van der Waals surface area contributed by atoms with Crippen molar-refractivity contribution in [1.29, 1.82) is 0 Å². The molecule has 6 heteroatoms. The fourth-order valence-corrected chi connectivity index (χ4v) is 2.90. The molecule has 0 amide bonds. The molecule has 0 unspecified atom stereocenters. The van der Waals surface area contributed by atoms with Crippen LogP contribution < -0.4 is 4.73 Å². The van der Waals surface area contributed by atoms with Crippen LogP contribution in [0.4, 0.5) is 0 Å². The van der Waals surface area contributed by atoms with Gasteiger partial charge < -0.3 is 10.3 Å². The van der Waals surface area contributed by atoms with Gasteiger partial charge in [-0.05, 0) is 12.1 Å². The summed E-state index contributed by atoms with van der Waals surface area (Å²) in [6, 6.07) is 19.9. The summed E-state index contributed by atoms with van der Waals surface area (Å²) in [4.78, 5) is 19.9. The molecule has 0 aliphatic rings. The van der Waals surface area contributed by atoms with Gasteiger partial charge in [-0.2, -0.15) is 4.73 Å². The van der Waals surface area contributed by atoms with E-state index in [1.54, 1.807) is 18.2 Å². The zero-order valence-corrected chi connectivity index (χ0v) is 13.5. The SMILES string of the molecule is O=C(O)c1nc(-c2ccccc2)c2cc[n+]([O-])c(-c3ccccc3)c2n1. The minimum Gasteiger partial charge on any atom is -0.618 e. The predicted molar refractivity (Wildman–Crippen MR) is 96.3 cm³/mol. The number of aromatic nitrogens is 3. The zero-order valence-electron chi connectivity index (χ0n) is 13.5. The van der Waals surface area contributed by atoms with Crippen LogP contribution in [0.25, 0.3) is 33.4 Å². The number of fused-ring (bicyclic) bond motifs is 1. The van der Waals surface area contributed by atoms with E-state index in [9.17, 15) is 15.1 Å². The van der Waals surface area contributed by atoms with E-state index in [1.165, 1.54) is 6.20 Å². The van der Waals surface area contributed by atoms with E-state index in [0.29, 0.717) is 32.6 Å². The van der Waals surface area contributed by atoms with Crippen LogP contribution >= 0.6 is 0 Å². The summed E-state index contributed by atoms with van der Waals surface area (Å²) in [6.07, 6.45) is 1.39. The van der Waals surface area contributed by atoms with E-state index in [-0.39, 0.29) is 5.82 Å². The van der Waals surface area contributed by atoms with Crippen LogP contribution in [0.2, 0.25) is 0 Å². The lowest BCUT2D eigenvalue weighted by Crippen LogP contribution is -2.29. The minimum absolute atomic E-state index is 0.296. The van der Waals surface area contributed by atoms with Crippen LogP contribution in [0.1, 0.15) is 10.6 Å². The van der Waals surface area contributed by atoms with Crippen LogP contribution in [0, 0.1) is 5.21 Å². The molecule has 2 aromatic heterocycles. The minimum atomic E-state index is -1.25. The summed E-state index contributed by atoms with van der Waals surface area (Å²) < 4.78 is 0.699. The van der Waals surface area contributed by atoms with Crippen molar-refractivity contribution < 1.29 is 14.6 Å². The third-order valence-corrected chi connectivity index (χ3v) is 4.05. The molecule has 0 spiro atoms. The first kappa shape index (κ1) is 15.7. The fraction of sp³-hybridized carbons (Fsp3) is 0. The Morgan fingerprint density at radius 2 is 1.50 bits per heavy atom. The van der Waals surface area contributed by atoms with Crippen molar-refractivity contribution in [3.05, 3.63) is 84.0 Å². The van der Waals surface area contributed by atoms with Gasteiger partial charge in [0.15, 0.2) is 6.20 Å². The van der Waals surface area contributed by atoms with Gasteiger partial charge in [0.05, 0.1) is 5.69 Å². The Kier molecular flexibility index (Phi) is 3.78. The lowest BCUT2D eigenvalue weighted by Gasteiger charge is -2.11. The predicted octanol–water partition coefficient (Wildman–Crippen LogP) is 3.30. The van der Waals surface area contributed by atoms with Crippen molar-refractivity contribution in [3.63, 3.8) is 0 Å². The van der Waals surface area contributed by atoms with Gasteiger partial charge in [0.1, 0.15) is 5.52 Å². The number of hydrogen-bond donors (Lipinski definition) is 1. The average molecular weight is 343 g/mol. The summed E-state index contributed by atoms with van der Waals surface area (Å²) in [6.45, 7) is 0. The van der Waals surface area contributed by atoms with Gasteiger partial charge in [-0.25, -0.2) is 14.8 Å². The average Bonchev–Trinajstić information content (AvgIpc) is 2.68. The number of hydrogen-bond acceptors (Lipinski definition) is 4. The Hall–Kier alpha value is -3.80. The molecule has 6 nitrogen and oxygen atoms in total. The van der Waals surface area contributed by atoms with Crippen LogP contribution in [0.5, 0.6) is 0 Å². The highest BCUT2D eigenvalue weighted by Crippen LogP contribution is 2.30. The molecule has 1 N–H and O–H groups in total. The first-order chi connectivity index (χ1) is 12.6. The van der Waals surface area contributed by atoms with Crippen molar-refractivity contribution in [2.45, 2.75) is 0 Å². The molecule has 0 fully saturated rings. The molecule has 0 saturated carbocycles. The normalized spacial score (nSPS) is 10.8. The largest absolute Gasteiger partial charge is 0.618 e. The smallest absolute Gasteiger partial charge is 0.373 e. The Morgan fingerprint density at radius 1 is 0.885 bits per heavy atom. The third-order valence-electron chi connectivity index (χ3n) is 4.05. The van der Waals surface area contributed by atoms with Crippen LogP contribution in [-0.2, 0) is 0 Å². The van der Waals surface area contributed by atoms with Crippen molar-refractivity contribution >= 4 is 16.9 Å². The number of nitrogens with zero attached hydrogens (tertiary/aromatic N) is 3. The van der Waals surface area contributed by atoms with Gasteiger partial charge in [-0.3, -0.25) is 0 Å². The summed E-state index contributed by atoms with van der Waals surface area (Å²) in [5, 5.41) is 22.5. The Bertz CT molecular complexity index is 1110. The number of aromatic carboxylic acids is 1. The Labute approximate surface area is 148 Å². The van der Waals surface area contributed by atoms with Gasteiger partial charge >= 0.3 is 5.97 Å². The molecule has 4 aromatic rings. The number of carboxylic acids is 1. The first-order valence-corrected chi connectivity index (χ1v) is 7.93. The Morgan fingerprint density at radius 3 is 2.12 bits per heavy atom. The van der Waals surface area contributed by atoms with Gasteiger partial charge in [0.2, 0.25) is 11.5 Å². The van der Waals surface area contributed by atoms with E-state index in [4.69, 9.17) is 0 Å². The second kappa shape index (κ2) is 6.25. The highest BCUT2D eigenvalue weighted by atomic mass is 16.5. The number of benzene rings is 2. The van der Waals surface area contributed by atoms with Crippen molar-refractivity contribution in [1.82, 2.24) is 9.97 Å². The maximum atomic E-state index is 12.5. The molecule has 126 valence electrons. The molecule has 4 rings (SSSR count). The standard InChI is InChI=1S/C20H13N3O3/c24-20(25)19-21-16(13-7-3-1-4-8-13)15-11-12-23(26)18(17(15)22-19)14-9-5-2-6-10-14/h1-12H,(H,24,25). The third kappa shape index (κ3) is 2.63. The van der Waals surface area contributed by atoms with E-state index in [0.717, 1.165) is 5.56 Å². The molecule has 2 heterocycles. The maximum absolute atomic E-state index is 12.5. The van der Waals surface area contributed by atoms with Gasteiger partial charge in [-0.1, -0.05) is 48.5 Å². The molecule has 0 radical (unpaired) electrons. The van der Waals surface area contributed by atoms with Crippen molar-refractivity contribution in [2.24, 2.45) is 0 Å². The zero-order chi connectivity index (χ0) is 18.1. The first-order valence-electron chi connectivity index (χ1n) is 7.93. The van der Waals surface area contributed by atoms with Gasteiger partial charge in [0.25, 0.3) is 0 Å². The summed E-state index contributed by atoms with van der Waals surface area (Å²) in [5.74, 6) is -1.59.